The Hall–Kier alpha value is -1.64. The van der Waals surface area contributed by atoms with Crippen LogP contribution in [0.5, 0.6) is 0 Å². The molecule has 2 bridgehead atoms. The number of carbonyl (C=O) groups excluding carboxylic acids is 2. The highest BCUT2D eigenvalue weighted by Gasteiger charge is 2.62. The zero-order valence-corrected chi connectivity index (χ0v) is 13.3. The van der Waals surface area contributed by atoms with Crippen molar-refractivity contribution in [3.05, 3.63) is 36.0 Å². The molecule has 3 nitrogen and oxygen atoms in total. The lowest BCUT2D eigenvalue weighted by Crippen LogP contribution is -2.52. The molecule has 2 heterocycles. The molecular formula is C19H23NO2. The fourth-order valence-electron chi connectivity index (χ4n) is 5.34. The molecule has 116 valence electrons. The predicted molar refractivity (Wildman–Crippen MR) is 85.0 cm³/mol. The van der Waals surface area contributed by atoms with E-state index in [0.717, 1.165) is 37.0 Å². The number of hydrogen-bond donors (Lipinski definition) is 0. The summed E-state index contributed by atoms with van der Waals surface area (Å²) >= 11 is 0. The molecule has 2 unspecified atom stereocenters. The average molecular weight is 297 g/mol. The van der Waals surface area contributed by atoms with Gasteiger partial charge in [-0.3, -0.25) is 9.59 Å². The molecule has 0 radical (unpaired) electrons. The largest absolute Gasteiger partial charge is 0.338 e. The van der Waals surface area contributed by atoms with Crippen LogP contribution < -0.4 is 0 Å². The van der Waals surface area contributed by atoms with E-state index in [4.69, 9.17) is 0 Å². The summed E-state index contributed by atoms with van der Waals surface area (Å²) in [5.41, 5.74) is 1.73. The predicted octanol–water partition coefficient (Wildman–Crippen LogP) is 2.89. The fraction of sp³-hybridized carbons (Fsp3) is 0.579. The molecule has 0 N–H and O–H groups in total. The van der Waals surface area contributed by atoms with Gasteiger partial charge in [-0.15, -0.1) is 0 Å². The molecule has 0 aromatic carbocycles. The molecule has 3 heteroatoms. The van der Waals surface area contributed by atoms with Crippen molar-refractivity contribution < 1.29 is 9.59 Å². The molecule has 2 saturated heterocycles. The minimum absolute atomic E-state index is 0.00616. The van der Waals surface area contributed by atoms with E-state index >= 15 is 0 Å². The lowest BCUT2D eigenvalue weighted by atomic mass is 9.59. The van der Waals surface area contributed by atoms with Crippen LogP contribution in [-0.4, -0.2) is 29.2 Å². The third-order valence-corrected chi connectivity index (χ3v) is 6.59. The van der Waals surface area contributed by atoms with Crippen molar-refractivity contribution in [2.45, 2.75) is 39.2 Å². The summed E-state index contributed by atoms with van der Waals surface area (Å²) in [4.78, 5) is 27.5. The number of fused-ring (bicyclic) bond motifs is 1. The second-order valence-corrected chi connectivity index (χ2v) is 7.56. The Morgan fingerprint density at radius 1 is 1.50 bits per heavy atom. The Labute approximate surface area is 131 Å². The minimum Gasteiger partial charge on any atom is -0.338 e. The van der Waals surface area contributed by atoms with E-state index in [1.54, 1.807) is 0 Å². The van der Waals surface area contributed by atoms with Crippen molar-refractivity contribution >= 4 is 11.7 Å². The van der Waals surface area contributed by atoms with Gasteiger partial charge in [0, 0.05) is 29.5 Å². The Balaban J connectivity index is 1.94. The summed E-state index contributed by atoms with van der Waals surface area (Å²) in [6.45, 7) is 8.98. The Morgan fingerprint density at radius 2 is 2.27 bits per heavy atom. The number of amides is 1. The molecular weight excluding hydrogens is 274 g/mol. The molecule has 4 aliphatic rings. The van der Waals surface area contributed by atoms with Crippen LogP contribution in [0.4, 0.5) is 0 Å². The first kappa shape index (κ1) is 14.0. The molecule has 2 fully saturated rings. The Kier molecular flexibility index (Phi) is 2.82. The zero-order valence-electron chi connectivity index (χ0n) is 13.3. The lowest BCUT2D eigenvalue weighted by molar-refractivity contribution is -0.134. The van der Waals surface area contributed by atoms with Gasteiger partial charge in [-0.05, 0) is 42.7 Å². The van der Waals surface area contributed by atoms with Crippen molar-refractivity contribution in [3.63, 3.8) is 0 Å². The maximum absolute atomic E-state index is 13.0. The topological polar surface area (TPSA) is 37.4 Å². The second kappa shape index (κ2) is 4.43. The molecule has 22 heavy (non-hydrogen) atoms. The first-order chi connectivity index (χ1) is 10.5. The van der Waals surface area contributed by atoms with E-state index in [9.17, 15) is 9.59 Å². The molecule has 5 atom stereocenters. The molecule has 1 amide bonds. The molecule has 0 aromatic heterocycles. The molecule has 2 aliphatic carbocycles. The van der Waals surface area contributed by atoms with Crippen molar-refractivity contribution in [1.82, 2.24) is 4.90 Å². The first-order valence-corrected chi connectivity index (χ1v) is 8.38. The first-order valence-electron chi connectivity index (χ1n) is 8.38. The normalized spacial score (nSPS) is 42.5. The monoisotopic (exact) mass is 297 g/mol. The van der Waals surface area contributed by atoms with E-state index in [2.05, 4.69) is 31.4 Å². The smallest absolute Gasteiger partial charge is 0.226 e. The van der Waals surface area contributed by atoms with Crippen LogP contribution in [0.1, 0.15) is 33.1 Å². The van der Waals surface area contributed by atoms with E-state index < -0.39 is 0 Å². The quantitative estimate of drug-likeness (QED) is 0.735. The third-order valence-electron chi connectivity index (χ3n) is 6.59. The molecule has 2 aliphatic heterocycles. The van der Waals surface area contributed by atoms with E-state index in [1.807, 2.05) is 6.08 Å². The third kappa shape index (κ3) is 1.52. The van der Waals surface area contributed by atoms with Crippen molar-refractivity contribution in [1.29, 1.82) is 0 Å². The van der Waals surface area contributed by atoms with Gasteiger partial charge in [-0.25, -0.2) is 0 Å². The van der Waals surface area contributed by atoms with Gasteiger partial charge in [-0.1, -0.05) is 32.6 Å². The summed E-state index contributed by atoms with van der Waals surface area (Å²) in [7, 11) is 0. The highest BCUT2D eigenvalue weighted by molar-refractivity contribution is 6.07. The van der Waals surface area contributed by atoms with Gasteiger partial charge < -0.3 is 4.90 Å². The standard InChI is InChI=1S/C19H23NO2/c1-4-16(21)13-6-5-7-14-18(22)20-10-11(2)12-8-15(13)19(14,3)17(20)9-12/h4,6,8,11-12,14,17H,1,5,7,9-10H2,2-3H3/t11-,12?,14-,17?,19+/m1/s1. The van der Waals surface area contributed by atoms with Crippen LogP contribution >= 0.6 is 0 Å². The summed E-state index contributed by atoms with van der Waals surface area (Å²) in [6.07, 6.45) is 8.49. The van der Waals surface area contributed by atoms with Gasteiger partial charge in [0.2, 0.25) is 5.91 Å². The van der Waals surface area contributed by atoms with Gasteiger partial charge in [-0.2, -0.15) is 0 Å². The van der Waals surface area contributed by atoms with Crippen LogP contribution in [-0.2, 0) is 9.59 Å². The summed E-state index contributed by atoms with van der Waals surface area (Å²) in [5, 5.41) is 0. The number of allylic oxidation sites excluding steroid dienone is 4. The summed E-state index contributed by atoms with van der Waals surface area (Å²) in [6, 6.07) is 0.269. The van der Waals surface area contributed by atoms with Gasteiger partial charge in [0.05, 0.1) is 0 Å². The van der Waals surface area contributed by atoms with Crippen molar-refractivity contribution in [2.24, 2.45) is 23.2 Å². The average Bonchev–Trinajstić information content (AvgIpc) is 2.64. The molecule has 0 saturated carbocycles. The van der Waals surface area contributed by atoms with Crippen molar-refractivity contribution in [2.75, 3.05) is 6.54 Å². The van der Waals surface area contributed by atoms with E-state index in [1.165, 1.54) is 6.08 Å². The lowest BCUT2D eigenvalue weighted by Gasteiger charge is -2.49. The van der Waals surface area contributed by atoms with Gasteiger partial charge in [0.15, 0.2) is 5.78 Å². The van der Waals surface area contributed by atoms with Gasteiger partial charge in [0.25, 0.3) is 0 Å². The highest BCUT2D eigenvalue weighted by Crippen LogP contribution is 2.59. The summed E-state index contributed by atoms with van der Waals surface area (Å²) < 4.78 is 0. The Morgan fingerprint density at radius 3 is 3.00 bits per heavy atom. The van der Waals surface area contributed by atoms with Crippen LogP contribution in [0.3, 0.4) is 0 Å². The SMILES string of the molecule is C=CC(=O)C1=CCC[C@@H]2C(=O)N3C[C@@H](C)C4C=C1[C@@]2(C)C3C4. The molecule has 0 spiro atoms. The van der Waals surface area contributed by atoms with Crippen molar-refractivity contribution in [3.8, 4) is 0 Å². The number of hydrogen-bond acceptors (Lipinski definition) is 2. The van der Waals surface area contributed by atoms with E-state index in [0.29, 0.717) is 17.7 Å². The van der Waals surface area contributed by atoms with Gasteiger partial charge in [0.1, 0.15) is 0 Å². The van der Waals surface area contributed by atoms with E-state index in [-0.39, 0.29) is 23.2 Å². The maximum atomic E-state index is 13.0. The van der Waals surface area contributed by atoms with Crippen LogP contribution in [0, 0.1) is 23.2 Å². The number of ketones is 1. The molecule has 0 aromatic rings. The van der Waals surface area contributed by atoms with Crippen LogP contribution in [0.2, 0.25) is 0 Å². The number of piperidine rings is 1. The number of carbonyl (C=O) groups is 2. The zero-order chi connectivity index (χ0) is 15.6. The second-order valence-electron chi connectivity index (χ2n) is 7.56. The minimum atomic E-state index is -0.200. The number of rotatable bonds is 2. The van der Waals surface area contributed by atoms with Crippen LogP contribution in [0.15, 0.2) is 36.0 Å². The molecule has 4 rings (SSSR count). The Bertz CT molecular complexity index is 644. The highest BCUT2D eigenvalue weighted by atomic mass is 16.2. The van der Waals surface area contributed by atoms with Crippen LogP contribution in [0.25, 0.3) is 0 Å². The maximum Gasteiger partial charge on any atom is 0.226 e. The number of nitrogens with zero attached hydrogens (tertiary/aromatic N) is 1. The van der Waals surface area contributed by atoms with Gasteiger partial charge >= 0.3 is 0 Å². The fourth-order valence-corrected chi connectivity index (χ4v) is 5.34. The summed E-state index contributed by atoms with van der Waals surface area (Å²) in [5.74, 6) is 1.30.